The Morgan fingerprint density at radius 3 is 2.52 bits per heavy atom. The quantitative estimate of drug-likeness (QED) is 0.690. The van der Waals surface area contributed by atoms with Crippen molar-refractivity contribution in [2.75, 3.05) is 19.0 Å². The number of amides is 1. The van der Waals surface area contributed by atoms with Crippen molar-refractivity contribution in [1.29, 1.82) is 0 Å². The van der Waals surface area contributed by atoms with Crippen molar-refractivity contribution in [2.45, 2.75) is 12.6 Å². The first-order chi connectivity index (χ1) is 12.0. The van der Waals surface area contributed by atoms with Crippen LogP contribution in [0.3, 0.4) is 0 Å². The molecule has 1 unspecified atom stereocenters. The maximum absolute atomic E-state index is 12.3. The van der Waals surface area contributed by atoms with E-state index < -0.39 is 6.10 Å². The number of hydrogen-bond donors (Lipinski definition) is 2. The van der Waals surface area contributed by atoms with E-state index in [2.05, 4.69) is 5.32 Å². The fraction of sp³-hybridized carbons (Fsp3) is 0.211. The number of rotatable bonds is 6. The average Bonchev–Trinajstić information content (AvgIpc) is 3.31. The van der Waals surface area contributed by atoms with Gasteiger partial charge in [-0.3, -0.25) is 4.79 Å². The number of thiophene rings is 2. The van der Waals surface area contributed by atoms with Gasteiger partial charge < -0.3 is 15.3 Å². The predicted molar refractivity (Wildman–Crippen MR) is 105 cm³/mol. The summed E-state index contributed by atoms with van der Waals surface area (Å²) in [5.74, 6) is -0.0981. The van der Waals surface area contributed by atoms with E-state index in [0.29, 0.717) is 12.1 Å². The number of nitrogens with one attached hydrogen (secondary N) is 1. The van der Waals surface area contributed by atoms with Gasteiger partial charge in [0.05, 0.1) is 6.54 Å². The SMILES string of the molecule is CN(C)c1ccc(C(=O)NCc2ccc(C(O)c3cccs3)s2)cc1. The molecule has 25 heavy (non-hydrogen) atoms. The van der Waals surface area contributed by atoms with Crippen molar-refractivity contribution >= 4 is 34.3 Å². The Labute approximate surface area is 155 Å². The molecule has 1 aromatic carbocycles. The van der Waals surface area contributed by atoms with E-state index in [1.807, 2.05) is 72.9 Å². The molecule has 3 rings (SSSR count). The van der Waals surface area contributed by atoms with Gasteiger partial charge in [0.25, 0.3) is 5.91 Å². The van der Waals surface area contributed by atoms with Crippen molar-refractivity contribution in [3.05, 3.63) is 74.1 Å². The standard InChI is InChI=1S/C19H20N2O2S2/c1-21(2)14-7-5-13(6-8-14)19(23)20-12-15-9-10-17(25-15)18(22)16-4-3-11-24-16/h3-11,18,22H,12H2,1-2H3,(H,20,23). The highest BCUT2D eigenvalue weighted by Crippen LogP contribution is 2.30. The highest BCUT2D eigenvalue weighted by molar-refractivity contribution is 7.12. The Kier molecular flexibility index (Phi) is 5.53. The summed E-state index contributed by atoms with van der Waals surface area (Å²) in [5, 5.41) is 15.2. The van der Waals surface area contributed by atoms with Crippen molar-refractivity contribution in [3.63, 3.8) is 0 Å². The van der Waals surface area contributed by atoms with Crippen LogP contribution in [0.5, 0.6) is 0 Å². The second-order valence-corrected chi connectivity index (χ2v) is 8.03. The van der Waals surface area contributed by atoms with Gasteiger partial charge in [-0.2, -0.15) is 0 Å². The third-order valence-corrected chi connectivity index (χ3v) is 5.90. The van der Waals surface area contributed by atoms with Gasteiger partial charge in [-0.15, -0.1) is 22.7 Å². The van der Waals surface area contributed by atoms with Crippen LogP contribution in [0.15, 0.2) is 53.9 Å². The topological polar surface area (TPSA) is 52.6 Å². The molecule has 0 saturated carbocycles. The van der Waals surface area contributed by atoms with E-state index in [4.69, 9.17) is 0 Å². The van der Waals surface area contributed by atoms with Crippen molar-refractivity contribution in [2.24, 2.45) is 0 Å². The molecule has 0 aliphatic rings. The van der Waals surface area contributed by atoms with E-state index in [1.165, 1.54) is 22.7 Å². The summed E-state index contributed by atoms with van der Waals surface area (Å²) in [5.41, 5.74) is 1.70. The lowest BCUT2D eigenvalue weighted by Crippen LogP contribution is -2.22. The molecule has 6 heteroatoms. The molecule has 0 saturated heterocycles. The normalized spacial score (nSPS) is 12.0. The number of aliphatic hydroxyl groups is 1. The zero-order valence-corrected chi connectivity index (χ0v) is 15.7. The van der Waals surface area contributed by atoms with Crippen LogP contribution in [0, 0.1) is 0 Å². The van der Waals surface area contributed by atoms with Crippen molar-refractivity contribution in [3.8, 4) is 0 Å². The Hall–Kier alpha value is -2.15. The van der Waals surface area contributed by atoms with Crippen molar-refractivity contribution in [1.82, 2.24) is 5.32 Å². The first-order valence-electron chi connectivity index (χ1n) is 7.90. The summed E-state index contributed by atoms with van der Waals surface area (Å²) in [7, 11) is 3.93. The van der Waals surface area contributed by atoms with Crippen LogP contribution in [0.1, 0.15) is 31.1 Å². The third-order valence-electron chi connectivity index (χ3n) is 3.83. The molecular formula is C19H20N2O2S2. The van der Waals surface area contributed by atoms with Gasteiger partial charge in [0.15, 0.2) is 0 Å². The minimum atomic E-state index is -0.590. The highest BCUT2D eigenvalue weighted by Gasteiger charge is 2.14. The summed E-state index contributed by atoms with van der Waals surface area (Å²) >= 11 is 3.06. The van der Waals surface area contributed by atoms with E-state index in [1.54, 1.807) is 0 Å². The van der Waals surface area contributed by atoms with Gasteiger partial charge >= 0.3 is 0 Å². The lowest BCUT2D eigenvalue weighted by atomic mass is 10.2. The van der Waals surface area contributed by atoms with Crippen LogP contribution in [0.4, 0.5) is 5.69 Å². The van der Waals surface area contributed by atoms with Crippen LogP contribution in [0.2, 0.25) is 0 Å². The largest absolute Gasteiger partial charge is 0.382 e. The summed E-state index contributed by atoms with van der Waals surface area (Å²) in [6.07, 6.45) is -0.590. The van der Waals surface area contributed by atoms with Crippen LogP contribution >= 0.6 is 22.7 Å². The highest BCUT2D eigenvalue weighted by atomic mass is 32.1. The van der Waals surface area contributed by atoms with Crippen LogP contribution < -0.4 is 10.2 Å². The number of carbonyl (C=O) groups is 1. The molecule has 4 nitrogen and oxygen atoms in total. The molecule has 0 spiro atoms. The number of nitrogens with zero attached hydrogens (tertiary/aromatic N) is 1. The maximum Gasteiger partial charge on any atom is 0.251 e. The summed E-state index contributed by atoms with van der Waals surface area (Å²) in [4.78, 5) is 17.1. The molecule has 130 valence electrons. The number of hydrogen-bond acceptors (Lipinski definition) is 5. The molecule has 0 radical (unpaired) electrons. The first-order valence-corrected chi connectivity index (χ1v) is 9.60. The second-order valence-electron chi connectivity index (χ2n) is 5.85. The molecule has 0 fully saturated rings. The predicted octanol–water partition coefficient (Wildman–Crippen LogP) is 3.89. The molecule has 1 amide bonds. The van der Waals surface area contributed by atoms with Gasteiger partial charge in [-0.25, -0.2) is 0 Å². The van der Waals surface area contributed by atoms with Gasteiger partial charge in [0.1, 0.15) is 6.10 Å². The minimum absolute atomic E-state index is 0.0981. The molecular weight excluding hydrogens is 352 g/mol. The molecule has 2 heterocycles. The van der Waals surface area contributed by atoms with E-state index in [9.17, 15) is 9.90 Å². The second kappa shape index (κ2) is 7.82. The van der Waals surface area contributed by atoms with Crippen LogP contribution in [0.25, 0.3) is 0 Å². The van der Waals surface area contributed by atoms with Gasteiger partial charge in [0, 0.05) is 40.0 Å². The number of aliphatic hydroxyl groups excluding tert-OH is 1. The van der Waals surface area contributed by atoms with Crippen LogP contribution in [-0.4, -0.2) is 25.1 Å². The first kappa shape index (κ1) is 17.7. The Balaban J connectivity index is 1.59. The smallest absolute Gasteiger partial charge is 0.251 e. The average molecular weight is 373 g/mol. The zero-order valence-electron chi connectivity index (χ0n) is 14.1. The van der Waals surface area contributed by atoms with Gasteiger partial charge in [-0.05, 0) is 47.8 Å². The van der Waals surface area contributed by atoms with Gasteiger partial charge in [0.2, 0.25) is 0 Å². The number of anilines is 1. The van der Waals surface area contributed by atoms with Gasteiger partial charge in [-0.1, -0.05) is 6.07 Å². The lowest BCUT2D eigenvalue weighted by Gasteiger charge is -2.12. The molecule has 0 aliphatic heterocycles. The molecule has 0 aliphatic carbocycles. The monoisotopic (exact) mass is 372 g/mol. The molecule has 1 atom stereocenters. The maximum atomic E-state index is 12.3. The van der Waals surface area contributed by atoms with E-state index in [-0.39, 0.29) is 5.91 Å². The van der Waals surface area contributed by atoms with E-state index >= 15 is 0 Å². The van der Waals surface area contributed by atoms with E-state index in [0.717, 1.165) is 20.3 Å². The molecule has 2 aromatic heterocycles. The number of carbonyl (C=O) groups excluding carboxylic acids is 1. The Morgan fingerprint density at radius 2 is 1.88 bits per heavy atom. The Morgan fingerprint density at radius 1 is 1.12 bits per heavy atom. The summed E-state index contributed by atoms with van der Waals surface area (Å²) in [6.45, 7) is 0.454. The molecule has 0 bridgehead atoms. The third kappa shape index (κ3) is 4.28. The van der Waals surface area contributed by atoms with Crippen molar-refractivity contribution < 1.29 is 9.90 Å². The Bertz CT molecular complexity index is 823. The zero-order chi connectivity index (χ0) is 17.8. The summed E-state index contributed by atoms with van der Waals surface area (Å²) < 4.78 is 0. The number of benzene rings is 1. The fourth-order valence-corrected chi connectivity index (χ4v) is 4.16. The fourth-order valence-electron chi connectivity index (χ4n) is 2.40. The molecule has 2 N–H and O–H groups in total. The summed E-state index contributed by atoms with van der Waals surface area (Å²) in [6, 6.07) is 15.2. The minimum Gasteiger partial charge on any atom is -0.382 e. The molecule has 3 aromatic rings. The lowest BCUT2D eigenvalue weighted by molar-refractivity contribution is 0.0951. The van der Waals surface area contributed by atoms with Crippen LogP contribution in [-0.2, 0) is 6.54 Å².